The number of rotatable bonds is 3. The second-order valence-corrected chi connectivity index (χ2v) is 13.3. The quantitative estimate of drug-likeness (QED) is 0.0752. The summed E-state index contributed by atoms with van der Waals surface area (Å²) in [4.78, 5) is 0. The van der Waals surface area contributed by atoms with Gasteiger partial charge in [0, 0.05) is 21.9 Å². The number of fused-ring (bicyclic) bond motifs is 5. The molecule has 1 heterocycles. The van der Waals surface area contributed by atoms with Gasteiger partial charge in [0.15, 0.2) is 11.5 Å². The molecule has 6 heteroatoms. The fourth-order valence-electron chi connectivity index (χ4n) is 6.97. The van der Waals surface area contributed by atoms with Crippen LogP contribution in [0, 0.1) is 0 Å². The standard InChI is InChI=1S/C42H32O6/c1-42(2,3)24-11-8-10-22(20-24)25-16-9-17-30-31-21-23(18-19-32(31)48-41(25)30)33-26-12-4-6-14-28(26)34(29-15-7-5-13-27(29)33)35-36(43)38(45)40(47)39(46)37(35)44/h4-21,43-47H,1-3H3. The number of para-hydroxylation sites is 1. The Morgan fingerprint density at radius 3 is 1.58 bits per heavy atom. The molecule has 236 valence electrons. The van der Waals surface area contributed by atoms with E-state index < -0.39 is 28.7 Å². The molecule has 0 saturated heterocycles. The number of phenolic OH excluding ortho intramolecular Hbond substituents is 5. The minimum atomic E-state index is -0.996. The Bertz CT molecular complexity index is 2520. The Morgan fingerprint density at radius 1 is 0.438 bits per heavy atom. The summed E-state index contributed by atoms with van der Waals surface area (Å²) >= 11 is 0. The van der Waals surface area contributed by atoms with E-state index in [0.717, 1.165) is 55.0 Å². The third-order valence-electron chi connectivity index (χ3n) is 9.38. The Labute approximate surface area is 276 Å². The summed E-state index contributed by atoms with van der Waals surface area (Å²) in [5.41, 5.74) is 7.06. The normalized spacial score (nSPS) is 12.1. The molecule has 0 aliphatic rings. The van der Waals surface area contributed by atoms with Crippen LogP contribution in [0.3, 0.4) is 0 Å². The van der Waals surface area contributed by atoms with Gasteiger partial charge in [0.2, 0.25) is 17.2 Å². The van der Waals surface area contributed by atoms with Gasteiger partial charge < -0.3 is 29.9 Å². The molecule has 8 aromatic rings. The van der Waals surface area contributed by atoms with Crippen molar-refractivity contribution in [1.82, 2.24) is 0 Å². The summed E-state index contributed by atoms with van der Waals surface area (Å²) in [5, 5.41) is 58.0. The first-order valence-electron chi connectivity index (χ1n) is 15.7. The predicted octanol–water partition coefficient (Wildman–Crippen LogP) is 10.7. The smallest absolute Gasteiger partial charge is 0.208 e. The largest absolute Gasteiger partial charge is 0.504 e. The molecule has 6 nitrogen and oxygen atoms in total. The van der Waals surface area contributed by atoms with E-state index in [0.29, 0.717) is 16.3 Å². The second kappa shape index (κ2) is 10.4. The van der Waals surface area contributed by atoms with E-state index in [1.54, 1.807) is 0 Å². The zero-order valence-electron chi connectivity index (χ0n) is 26.5. The van der Waals surface area contributed by atoms with Crippen LogP contribution < -0.4 is 0 Å². The zero-order valence-corrected chi connectivity index (χ0v) is 26.5. The topological polar surface area (TPSA) is 114 Å². The number of furan rings is 1. The summed E-state index contributed by atoms with van der Waals surface area (Å²) in [7, 11) is 0. The highest BCUT2D eigenvalue weighted by molar-refractivity contribution is 6.23. The molecule has 0 bridgehead atoms. The van der Waals surface area contributed by atoms with Gasteiger partial charge in [0.05, 0.1) is 5.56 Å². The first kappa shape index (κ1) is 29.3. The lowest BCUT2D eigenvalue weighted by Crippen LogP contribution is -2.10. The Balaban J connectivity index is 1.40. The highest BCUT2D eigenvalue weighted by Gasteiger charge is 2.28. The highest BCUT2D eigenvalue weighted by atomic mass is 16.4. The molecule has 48 heavy (non-hydrogen) atoms. The number of hydrogen-bond acceptors (Lipinski definition) is 6. The fourth-order valence-corrected chi connectivity index (χ4v) is 6.97. The van der Waals surface area contributed by atoms with Crippen LogP contribution in [0.5, 0.6) is 28.7 Å². The van der Waals surface area contributed by atoms with E-state index in [4.69, 9.17) is 4.42 Å². The van der Waals surface area contributed by atoms with Crippen molar-refractivity contribution in [3.05, 3.63) is 115 Å². The van der Waals surface area contributed by atoms with Crippen molar-refractivity contribution in [2.75, 3.05) is 0 Å². The Hall–Kier alpha value is -6.14. The highest BCUT2D eigenvalue weighted by Crippen LogP contribution is 2.57. The average Bonchev–Trinajstić information content (AvgIpc) is 3.47. The van der Waals surface area contributed by atoms with Crippen LogP contribution in [0.4, 0.5) is 0 Å². The van der Waals surface area contributed by atoms with Crippen LogP contribution in [-0.4, -0.2) is 25.5 Å². The molecule has 8 rings (SSSR count). The zero-order chi connectivity index (χ0) is 33.5. The predicted molar refractivity (Wildman–Crippen MR) is 192 cm³/mol. The maximum absolute atomic E-state index is 11.0. The lowest BCUT2D eigenvalue weighted by Gasteiger charge is -2.20. The number of benzene rings is 7. The van der Waals surface area contributed by atoms with Crippen LogP contribution in [-0.2, 0) is 5.41 Å². The molecule has 0 radical (unpaired) electrons. The lowest BCUT2D eigenvalue weighted by molar-refractivity contribution is 0.330. The molecule has 0 aliphatic heterocycles. The van der Waals surface area contributed by atoms with Gasteiger partial charge in [-0.25, -0.2) is 0 Å². The van der Waals surface area contributed by atoms with E-state index in [1.165, 1.54) is 5.56 Å². The fraction of sp³-hybridized carbons (Fsp3) is 0.0952. The van der Waals surface area contributed by atoms with Crippen LogP contribution >= 0.6 is 0 Å². The molecule has 0 atom stereocenters. The molecule has 0 fully saturated rings. The van der Waals surface area contributed by atoms with Crippen molar-refractivity contribution >= 4 is 43.5 Å². The van der Waals surface area contributed by atoms with Crippen molar-refractivity contribution in [3.8, 4) is 62.1 Å². The molecule has 0 saturated carbocycles. The summed E-state index contributed by atoms with van der Waals surface area (Å²) in [5.74, 6) is -4.30. The van der Waals surface area contributed by atoms with Crippen molar-refractivity contribution in [2.45, 2.75) is 26.2 Å². The molecular formula is C42H32O6. The number of phenols is 5. The van der Waals surface area contributed by atoms with Crippen LogP contribution in [0.15, 0.2) is 114 Å². The minimum absolute atomic E-state index is 0.00826. The van der Waals surface area contributed by atoms with E-state index in [-0.39, 0.29) is 11.0 Å². The van der Waals surface area contributed by atoms with E-state index in [9.17, 15) is 25.5 Å². The monoisotopic (exact) mass is 632 g/mol. The van der Waals surface area contributed by atoms with Crippen LogP contribution in [0.1, 0.15) is 26.3 Å². The van der Waals surface area contributed by atoms with E-state index in [1.807, 2.05) is 60.7 Å². The van der Waals surface area contributed by atoms with Gasteiger partial charge in [-0.15, -0.1) is 0 Å². The minimum Gasteiger partial charge on any atom is -0.504 e. The van der Waals surface area contributed by atoms with Crippen molar-refractivity contribution in [3.63, 3.8) is 0 Å². The summed E-state index contributed by atoms with van der Waals surface area (Å²) in [6.45, 7) is 6.62. The first-order valence-corrected chi connectivity index (χ1v) is 15.7. The van der Waals surface area contributed by atoms with E-state index in [2.05, 4.69) is 69.3 Å². The summed E-state index contributed by atoms with van der Waals surface area (Å²) in [6, 6.07) is 36.2. The van der Waals surface area contributed by atoms with Crippen molar-refractivity contribution < 1.29 is 29.9 Å². The van der Waals surface area contributed by atoms with Gasteiger partial charge >= 0.3 is 0 Å². The molecular weight excluding hydrogens is 600 g/mol. The Morgan fingerprint density at radius 2 is 0.979 bits per heavy atom. The van der Waals surface area contributed by atoms with Gasteiger partial charge in [0.1, 0.15) is 11.2 Å². The molecule has 0 spiro atoms. The second-order valence-electron chi connectivity index (χ2n) is 13.3. The van der Waals surface area contributed by atoms with Gasteiger partial charge in [-0.05, 0) is 61.3 Å². The maximum Gasteiger partial charge on any atom is 0.208 e. The molecule has 1 aromatic heterocycles. The van der Waals surface area contributed by atoms with E-state index >= 15 is 0 Å². The maximum atomic E-state index is 11.0. The third kappa shape index (κ3) is 4.26. The van der Waals surface area contributed by atoms with Crippen LogP contribution in [0.25, 0.3) is 76.9 Å². The number of aromatic hydroxyl groups is 5. The molecule has 0 unspecified atom stereocenters. The van der Waals surface area contributed by atoms with Gasteiger partial charge in [-0.1, -0.05) is 118 Å². The lowest BCUT2D eigenvalue weighted by atomic mass is 9.85. The van der Waals surface area contributed by atoms with Crippen molar-refractivity contribution in [1.29, 1.82) is 0 Å². The molecule has 0 aliphatic carbocycles. The molecule has 7 aromatic carbocycles. The first-order chi connectivity index (χ1) is 23.0. The summed E-state index contributed by atoms with van der Waals surface area (Å²) < 4.78 is 6.54. The van der Waals surface area contributed by atoms with Gasteiger partial charge in [-0.2, -0.15) is 0 Å². The SMILES string of the molecule is CC(C)(C)c1cccc(-c2cccc3c2oc2ccc(-c4c5ccccc5c(-c5c(O)c(O)c(O)c(O)c5O)c5ccccc45)cc23)c1. The van der Waals surface area contributed by atoms with Gasteiger partial charge in [0.25, 0.3) is 0 Å². The number of hydrogen-bond donors (Lipinski definition) is 5. The van der Waals surface area contributed by atoms with Crippen LogP contribution in [0.2, 0.25) is 0 Å². The Kier molecular flexibility index (Phi) is 6.37. The third-order valence-corrected chi connectivity index (χ3v) is 9.38. The summed E-state index contributed by atoms with van der Waals surface area (Å²) in [6.07, 6.45) is 0. The average molecular weight is 633 g/mol. The molecule has 0 amide bonds. The van der Waals surface area contributed by atoms with Crippen molar-refractivity contribution in [2.24, 2.45) is 0 Å². The molecule has 5 N–H and O–H groups in total. The van der Waals surface area contributed by atoms with Gasteiger partial charge in [-0.3, -0.25) is 0 Å².